The van der Waals surface area contributed by atoms with Gasteiger partial charge in [-0.15, -0.1) is 4.37 Å². The van der Waals surface area contributed by atoms with Crippen LogP contribution in [0.1, 0.15) is 33.6 Å². The second-order valence-corrected chi connectivity index (χ2v) is 12.6. The van der Waals surface area contributed by atoms with Crippen molar-refractivity contribution in [3.8, 4) is 5.88 Å². The van der Waals surface area contributed by atoms with Crippen LogP contribution in [0.25, 0.3) is 11.0 Å². The molecule has 0 spiro atoms. The maximum Gasteiger partial charge on any atom is 0.306 e. The van der Waals surface area contributed by atoms with E-state index in [1.54, 1.807) is 17.3 Å². The van der Waals surface area contributed by atoms with Crippen LogP contribution in [-0.2, 0) is 19.1 Å². The van der Waals surface area contributed by atoms with Crippen LogP contribution in [0.3, 0.4) is 0 Å². The fraction of sp³-hybridized carbons (Fsp3) is 0.536. The van der Waals surface area contributed by atoms with Crippen LogP contribution >= 0.6 is 27.7 Å². The first-order valence-corrected chi connectivity index (χ1v) is 15.9. The molecule has 4 heterocycles. The summed E-state index contributed by atoms with van der Waals surface area (Å²) < 4.78 is 26.6. The summed E-state index contributed by atoms with van der Waals surface area (Å²) in [5.74, 6) is 0.766. The van der Waals surface area contributed by atoms with E-state index in [9.17, 15) is 9.59 Å². The van der Waals surface area contributed by atoms with E-state index in [1.165, 1.54) is 0 Å². The molecular weight excluding hydrogens is 654 g/mol. The van der Waals surface area contributed by atoms with Crippen LogP contribution in [-0.4, -0.2) is 106 Å². The molecule has 16 heteroatoms. The quantitative estimate of drug-likeness (QED) is 0.284. The Morgan fingerprint density at radius 1 is 1.11 bits per heavy atom. The molecule has 2 aliphatic rings. The molecule has 44 heavy (non-hydrogen) atoms. The van der Waals surface area contributed by atoms with Crippen molar-refractivity contribution < 1.29 is 23.8 Å². The predicted molar refractivity (Wildman–Crippen MR) is 170 cm³/mol. The number of ether oxygens (including phenoxy) is 3. The average Bonchev–Trinajstić information content (AvgIpc) is 3.69. The highest BCUT2D eigenvalue weighted by molar-refractivity contribution is 9.10. The summed E-state index contributed by atoms with van der Waals surface area (Å²) in [4.78, 5) is 42.8. The SMILES string of the molecule is CC(C)(C)NC[C@@H](COc1nsnc1N1CCOCC1)OC(=O)CCC(=O)N1CCN=C1Nc1ccc2nccnc2c1Br. The van der Waals surface area contributed by atoms with Crippen molar-refractivity contribution in [2.24, 2.45) is 4.99 Å². The van der Waals surface area contributed by atoms with Crippen molar-refractivity contribution in [2.75, 3.05) is 62.8 Å². The maximum atomic E-state index is 13.2. The Bertz CT molecular complexity index is 1490. The lowest BCUT2D eigenvalue weighted by molar-refractivity contribution is -0.152. The van der Waals surface area contributed by atoms with E-state index < -0.39 is 12.1 Å². The second-order valence-electron chi connectivity index (χ2n) is 11.3. The molecule has 1 atom stereocenters. The van der Waals surface area contributed by atoms with Crippen molar-refractivity contribution in [1.29, 1.82) is 0 Å². The summed E-state index contributed by atoms with van der Waals surface area (Å²) in [6.45, 7) is 10.0. The summed E-state index contributed by atoms with van der Waals surface area (Å²) in [6.07, 6.45) is 2.54. The van der Waals surface area contributed by atoms with E-state index in [-0.39, 0.29) is 30.9 Å². The molecular formula is C28H36BrN9O5S. The normalized spacial score (nSPS) is 16.1. The molecule has 1 aromatic carbocycles. The molecule has 0 aliphatic carbocycles. The number of halogens is 1. The van der Waals surface area contributed by atoms with Crippen molar-refractivity contribution in [2.45, 2.75) is 45.3 Å². The van der Waals surface area contributed by atoms with Gasteiger partial charge in [0.2, 0.25) is 17.7 Å². The third-order valence-electron chi connectivity index (χ3n) is 6.83. The molecule has 1 saturated heterocycles. The third kappa shape index (κ3) is 8.37. The molecule has 1 amide bonds. The summed E-state index contributed by atoms with van der Waals surface area (Å²) in [7, 11) is 0. The number of morpholine rings is 1. The Balaban J connectivity index is 1.15. The number of fused-ring (bicyclic) bond motifs is 1. The zero-order valence-corrected chi connectivity index (χ0v) is 27.3. The number of anilines is 2. The van der Waals surface area contributed by atoms with E-state index >= 15 is 0 Å². The number of aromatic nitrogens is 4. The summed E-state index contributed by atoms with van der Waals surface area (Å²) in [5.41, 5.74) is 1.94. The van der Waals surface area contributed by atoms with Gasteiger partial charge in [0.05, 0.1) is 53.6 Å². The van der Waals surface area contributed by atoms with Crippen molar-refractivity contribution >= 4 is 68.0 Å². The molecule has 14 nitrogen and oxygen atoms in total. The van der Waals surface area contributed by atoms with Crippen molar-refractivity contribution in [3.05, 3.63) is 29.0 Å². The number of carbonyl (C=O) groups excluding carboxylic acids is 2. The van der Waals surface area contributed by atoms with Gasteiger partial charge in [0.15, 0.2) is 0 Å². The number of nitrogens with one attached hydrogen (secondary N) is 2. The van der Waals surface area contributed by atoms with Crippen molar-refractivity contribution in [3.63, 3.8) is 0 Å². The van der Waals surface area contributed by atoms with Gasteiger partial charge < -0.3 is 29.7 Å². The van der Waals surface area contributed by atoms with Gasteiger partial charge in [-0.3, -0.25) is 29.4 Å². The molecule has 0 saturated carbocycles. The first-order chi connectivity index (χ1) is 21.2. The molecule has 1 fully saturated rings. The number of hydrogen-bond acceptors (Lipinski definition) is 14. The van der Waals surface area contributed by atoms with Crippen LogP contribution in [0.4, 0.5) is 11.5 Å². The molecule has 5 rings (SSSR count). The van der Waals surface area contributed by atoms with E-state index in [1.807, 2.05) is 32.9 Å². The summed E-state index contributed by atoms with van der Waals surface area (Å²) in [6, 6.07) is 3.69. The number of rotatable bonds is 11. The highest BCUT2D eigenvalue weighted by atomic mass is 79.9. The van der Waals surface area contributed by atoms with E-state index in [0.29, 0.717) is 74.8 Å². The van der Waals surface area contributed by atoms with Gasteiger partial charge in [-0.1, -0.05) is 0 Å². The Morgan fingerprint density at radius 2 is 1.91 bits per heavy atom. The summed E-state index contributed by atoms with van der Waals surface area (Å²) >= 11 is 4.65. The molecule has 2 aliphatic heterocycles. The third-order valence-corrected chi connectivity index (χ3v) is 8.13. The molecule has 3 aromatic rings. The van der Waals surface area contributed by atoms with Crippen LogP contribution in [0.5, 0.6) is 5.88 Å². The number of benzene rings is 1. The lowest BCUT2D eigenvalue weighted by Gasteiger charge is -2.27. The molecule has 2 N–H and O–H groups in total. The summed E-state index contributed by atoms with van der Waals surface area (Å²) in [5, 5.41) is 6.58. The number of amides is 1. The second kappa shape index (κ2) is 14.5. The average molecular weight is 691 g/mol. The first-order valence-electron chi connectivity index (χ1n) is 14.4. The highest BCUT2D eigenvalue weighted by Crippen LogP contribution is 2.30. The zero-order valence-electron chi connectivity index (χ0n) is 24.9. The zero-order chi connectivity index (χ0) is 31.1. The van der Waals surface area contributed by atoms with Crippen LogP contribution in [0.15, 0.2) is 34.0 Å². The number of hydrogen-bond donors (Lipinski definition) is 2. The van der Waals surface area contributed by atoms with Gasteiger partial charge in [-0.05, 0) is 48.8 Å². The van der Waals surface area contributed by atoms with Gasteiger partial charge in [0.1, 0.15) is 18.2 Å². The highest BCUT2D eigenvalue weighted by Gasteiger charge is 2.27. The molecule has 236 valence electrons. The van der Waals surface area contributed by atoms with Gasteiger partial charge >= 0.3 is 5.97 Å². The minimum Gasteiger partial charge on any atom is -0.470 e. The number of esters is 1. The van der Waals surface area contributed by atoms with Crippen LogP contribution in [0, 0.1) is 0 Å². The van der Waals surface area contributed by atoms with Crippen molar-refractivity contribution in [1.82, 2.24) is 28.9 Å². The lowest BCUT2D eigenvalue weighted by atomic mass is 10.1. The Hall–Kier alpha value is -3.47. The van der Waals surface area contributed by atoms with Gasteiger partial charge in [-0.25, -0.2) is 0 Å². The monoisotopic (exact) mass is 689 g/mol. The Labute approximate surface area is 268 Å². The number of aliphatic imine (C=N–C) groups is 1. The predicted octanol–water partition coefficient (Wildman–Crippen LogP) is 2.85. The smallest absolute Gasteiger partial charge is 0.306 e. The van der Waals surface area contributed by atoms with Gasteiger partial charge in [0, 0.05) is 50.5 Å². The van der Waals surface area contributed by atoms with E-state index in [2.05, 4.69) is 55.2 Å². The number of carbonyl (C=O) groups is 2. The fourth-order valence-corrected chi connectivity index (χ4v) is 5.62. The fourth-order valence-electron chi connectivity index (χ4n) is 4.57. The maximum absolute atomic E-state index is 13.2. The minimum atomic E-state index is -0.602. The first kappa shape index (κ1) is 31.9. The van der Waals surface area contributed by atoms with E-state index in [4.69, 9.17) is 14.2 Å². The Morgan fingerprint density at radius 3 is 2.70 bits per heavy atom. The molecule has 0 unspecified atom stereocenters. The van der Waals surface area contributed by atoms with Crippen LogP contribution < -0.4 is 20.3 Å². The van der Waals surface area contributed by atoms with Gasteiger partial charge in [0.25, 0.3) is 5.88 Å². The standard InChI is InChI=1S/C28H36BrN9O5S/c1-28(2,3)33-16-18(17-42-26-25(35-44-36-26)37-12-14-41-15-13-37)43-22(40)7-6-21(39)38-11-10-32-27(38)34-19-4-5-20-24(23(19)29)31-9-8-30-20/h4-5,8-9,18,33H,6-7,10-17H2,1-3H3,(H,32,34)/t18-/m0/s1. The van der Waals surface area contributed by atoms with Crippen LogP contribution in [0.2, 0.25) is 0 Å². The molecule has 0 bridgehead atoms. The van der Waals surface area contributed by atoms with E-state index in [0.717, 1.165) is 21.7 Å². The number of guanidine groups is 1. The number of nitrogens with zero attached hydrogens (tertiary/aromatic N) is 7. The topological polar surface area (TPSA) is 156 Å². The van der Waals surface area contributed by atoms with Gasteiger partial charge in [-0.2, -0.15) is 4.37 Å². The largest absolute Gasteiger partial charge is 0.470 e. The lowest BCUT2D eigenvalue weighted by Crippen LogP contribution is -2.44. The molecule has 2 aromatic heterocycles. The Kier molecular flexibility index (Phi) is 10.6. The molecule has 0 radical (unpaired) electrons. The minimum absolute atomic E-state index is 0.0264.